The SMILES string of the molecule is COC(=O)[C@]1(Cc2ccccc2)C[C@H]2OC(C)(C)O[C@H]2[C@@H]([C@H]2COC(C)(C)O2)O1. The normalized spacial score (nSPS) is 37.8. The molecular weight excluding hydrogens is 376 g/mol. The van der Waals surface area contributed by atoms with Crippen LogP contribution in [-0.4, -0.2) is 61.3 Å². The van der Waals surface area contributed by atoms with Crippen LogP contribution in [0.25, 0.3) is 0 Å². The molecule has 7 heteroatoms. The third-order valence-corrected chi connectivity index (χ3v) is 5.72. The van der Waals surface area contributed by atoms with Gasteiger partial charge in [-0.2, -0.15) is 0 Å². The standard InChI is InChI=1S/C22H30O7/c1-20(2)25-13-16(27-20)18-17-15(26-21(3,4)28-17)12-22(29-18,19(23)24-5)11-14-9-7-6-8-10-14/h6-10,15-18H,11-13H2,1-5H3/t15-,16-,17-,18-,22+/m1/s1. The molecule has 0 saturated carbocycles. The maximum Gasteiger partial charge on any atom is 0.338 e. The highest BCUT2D eigenvalue weighted by Gasteiger charge is 2.61. The Balaban J connectivity index is 1.69. The number of ether oxygens (including phenoxy) is 6. The predicted octanol–water partition coefficient (Wildman–Crippen LogP) is 2.60. The number of methoxy groups -OCH3 is 1. The van der Waals surface area contributed by atoms with Crippen molar-refractivity contribution in [1.29, 1.82) is 0 Å². The fraction of sp³-hybridized carbons (Fsp3) is 0.682. The third-order valence-electron chi connectivity index (χ3n) is 5.72. The molecule has 0 N–H and O–H groups in total. The van der Waals surface area contributed by atoms with Crippen molar-refractivity contribution < 1.29 is 33.2 Å². The quantitative estimate of drug-likeness (QED) is 0.712. The summed E-state index contributed by atoms with van der Waals surface area (Å²) >= 11 is 0. The lowest BCUT2D eigenvalue weighted by Crippen LogP contribution is -2.62. The highest BCUT2D eigenvalue weighted by atomic mass is 16.8. The van der Waals surface area contributed by atoms with Gasteiger partial charge in [0, 0.05) is 12.8 Å². The lowest BCUT2D eigenvalue weighted by molar-refractivity contribution is -0.237. The molecule has 3 aliphatic heterocycles. The number of esters is 1. The van der Waals surface area contributed by atoms with Crippen LogP contribution in [0.1, 0.15) is 39.7 Å². The Bertz CT molecular complexity index is 747. The lowest BCUT2D eigenvalue weighted by Gasteiger charge is -2.45. The van der Waals surface area contributed by atoms with Crippen LogP contribution in [0.15, 0.2) is 30.3 Å². The fourth-order valence-corrected chi connectivity index (χ4v) is 4.59. The lowest BCUT2D eigenvalue weighted by atomic mass is 9.82. The Labute approximate surface area is 171 Å². The van der Waals surface area contributed by atoms with Gasteiger partial charge in [0.15, 0.2) is 17.2 Å². The van der Waals surface area contributed by atoms with Gasteiger partial charge in [-0.25, -0.2) is 4.79 Å². The molecule has 160 valence electrons. The summed E-state index contributed by atoms with van der Waals surface area (Å²) in [7, 11) is 1.38. The van der Waals surface area contributed by atoms with E-state index in [9.17, 15) is 4.79 Å². The van der Waals surface area contributed by atoms with Crippen molar-refractivity contribution in [2.75, 3.05) is 13.7 Å². The zero-order chi connectivity index (χ0) is 20.9. The van der Waals surface area contributed by atoms with Gasteiger partial charge in [0.05, 0.1) is 19.8 Å². The first kappa shape index (κ1) is 20.8. The Kier molecular flexibility index (Phi) is 5.24. The second-order valence-corrected chi connectivity index (χ2v) is 8.94. The van der Waals surface area contributed by atoms with Gasteiger partial charge in [0.25, 0.3) is 0 Å². The second-order valence-electron chi connectivity index (χ2n) is 8.94. The van der Waals surface area contributed by atoms with Crippen molar-refractivity contribution in [2.24, 2.45) is 0 Å². The molecule has 0 radical (unpaired) electrons. The molecule has 0 bridgehead atoms. The summed E-state index contributed by atoms with van der Waals surface area (Å²) in [5.41, 5.74) is -0.209. The number of fused-ring (bicyclic) bond motifs is 1. The number of rotatable bonds is 4. The van der Waals surface area contributed by atoms with Crippen LogP contribution < -0.4 is 0 Å². The van der Waals surface area contributed by atoms with E-state index in [2.05, 4.69) is 0 Å². The van der Waals surface area contributed by atoms with Crippen LogP contribution in [0.3, 0.4) is 0 Å². The van der Waals surface area contributed by atoms with Gasteiger partial charge in [-0.15, -0.1) is 0 Å². The molecule has 29 heavy (non-hydrogen) atoms. The van der Waals surface area contributed by atoms with Crippen molar-refractivity contribution >= 4 is 5.97 Å². The summed E-state index contributed by atoms with van der Waals surface area (Å²) in [6.07, 6.45) is -0.868. The molecule has 1 aromatic carbocycles. The van der Waals surface area contributed by atoms with E-state index in [-0.39, 0.29) is 18.3 Å². The average molecular weight is 406 g/mol. The van der Waals surface area contributed by atoms with Crippen LogP contribution in [0.5, 0.6) is 0 Å². The van der Waals surface area contributed by atoms with E-state index in [0.29, 0.717) is 19.4 Å². The van der Waals surface area contributed by atoms with E-state index < -0.39 is 29.2 Å². The average Bonchev–Trinajstić information content (AvgIpc) is 3.18. The maximum absolute atomic E-state index is 13.0. The van der Waals surface area contributed by atoms with E-state index in [1.165, 1.54) is 7.11 Å². The first-order valence-corrected chi connectivity index (χ1v) is 10.1. The van der Waals surface area contributed by atoms with E-state index in [4.69, 9.17) is 28.4 Å². The summed E-state index contributed by atoms with van der Waals surface area (Å²) in [6, 6.07) is 9.78. The first-order valence-electron chi connectivity index (χ1n) is 10.1. The zero-order valence-corrected chi connectivity index (χ0v) is 17.7. The van der Waals surface area contributed by atoms with E-state index in [1.807, 2.05) is 58.0 Å². The minimum absolute atomic E-state index is 0.320. The minimum Gasteiger partial charge on any atom is -0.467 e. The molecule has 7 nitrogen and oxygen atoms in total. The van der Waals surface area contributed by atoms with Crippen LogP contribution >= 0.6 is 0 Å². The highest BCUT2D eigenvalue weighted by molar-refractivity contribution is 5.80. The predicted molar refractivity (Wildman–Crippen MR) is 103 cm³/mol. The van der Waals surface area contributed by atoms with E-state index in [1.54, 1.807) is 0 Å². The Morgan fingerprint density at radius 1 is 0.966 bits per heavy atom. The van der Waals surface area contributed by atoms with E-state index in [0.717, 1.165) is 5.56 Å². The Morgan fingerprint density at radius 2 is 1.62 bits per heavy atom. The fourth-order valence-electron chi connectivity index (χ4n) is 4.59. The summed E-state index contributed by atoms with van der Waals surface area (Å²) in [4.78, 5) is 13.0. The zero-order valence-electron chi connectivity index (χ0n) is 17.7. The number of carbonyl (C=O) groups excluding carboxylic acids is 1. The molecule has 3 saturated heterocycles. The summed E-state index contributed by atoms with van der Waals surface area (Å²) in [6.45, 7) is 7.82. The molecule has 4 rings (SSSR count). The molecular formula is C22H30O7. The molecule has 5 atom stereocenters. The van der Waals surface area contributed by atoms with Gasteiger partial charge >= 0.3 is 5.97 Å². The summed E-state index contributed by atoms with van der Waals surface area (Å²) in [5.74, 6) is -1.91. The molecule has 0 unspecified atom stereocenters. The van der Waals surface area contributed by atoms with Crippen LogP contribution in [0, 0.1) is 0 Å². The van der Waals surface area contributed by atoms with Gasteiger partial charge in [0.1, 0.15) is 18.3 Å². The third kappa shape index (κ3) is 4.07. The highest BCUT2D eigenvalue weighted by Crippen LogP contribution is 2.45. The number of benzene rings is 1. The molecule has 0 amide bonds. The minimum atomic E-state index is -1.19. The monoisotopic (exact) mass is 406 g/mol. The topological polar surface area (TPSA) is 72.5 Å². The van der Waals surface area contributed by atoms with Gasteiger partial charge in [0.2, 0.25) is 0 Å². The van der Waals surface area contributed by atoms with Gasteiger partial charge in [-0.3, -0.25) is 0 Å². The van der Waals surface area contributed by atoms with Crippen molar-refractivity contribution in [3.8, 4) is 0 Å². The molecule has 3 fully saturated rings. The van der Waals surface area contributed by atoms with Crippen LogP contribution in [0.2, 0.25) is 0 Å². The summed E-state index contributed by atoms with van der Waals surface area (Å²) in [5, 5.41) is 0. The van der Waals surface area contributed by atoms with Crippen molar-refractivity contribution in [1.82, 2.24) is 0 Å². The summed E-state index contributed by atoms with van der Waals surface area (Å²) < 4.78 is 35.9. The van der Waals surface area contributed by atoms with Crippen LogP contribution in [0.4, 0.5) is 0 Å². The Hall–Kier alpha value is -1.51. The smallest absolute Gasteiger partial charge is 0.338 e. The number of hydrogen-bond acceptors (Lipinski definition) is 7. The van der Waals surface area contributed by atoms with Gasteiger partial charge < -0.3 is 28.4 Å². The van der Waals surface area contributed by atoms with Crippen molar-refractivity contribution in [2.45, 2.75) is 82.1 Å². The number of hydrogen-bond donors (Lipinski definition) is 0. The van der Waals surface area contributed by atoms with Crippen molar-refractivity contribution in [3.05, 3.63) is 35.9 Å². The number of carbonyl (C=O) groups is 1. The largest absolute Gasteiger partial charge is 0.467 e. The molecule has 1 aromatic rings. The van der Waals surface area contributed by atoms with Crippen LogP contribution in [-0.2, 0) is 39.6 Å². The molecule has 0 aliphatic carbocycles. The molecule has 0 aromatic heterocycles. The van der Waals surface area contributed by atoms with Crippen molar-refractivity contribution in [3.63, 3.8) is 0 Å². The Morgan fingerprint density at radius 3 is 2.24 bits per heavy atom. The van der Waals surface area contributed by atoms with E-state index >= 15 is 0 Å². The maximum atomic E-state index is 13.0. The van der Waals surface area contributed by atoms with Gasteiger partial charge in [-0.05, 0) is 33.3 Å². The molecule has 3 aliphatic rings. The first-order chi connectivity index (χ1) is 13.6. The molecule has 0 spiro atoms. The van der Waals surface area contributed by atoms with Gasteiger partial charge in [-0.1, -0.05) is 30.3 Å². The second kappa shape index (κ2) is 7.32. The molecule has 3 heterocycles.